The van der Waals surface area contributed by atoms with E-state index in [4.69, 9.17) is 0 Å². The largest absolute Gasteiger partial charge is 0.0617 e. The Morgan fingerprint density at radius 2 is 0.727 bits per heavy atom. The first-order valence-electron chi connectivity index (χ1n) is 7.82. The third kappa shape index (κ3) is 2.46. The fraction of sp³-hybridized carbons (Fsp3) is 0.182. The minimum Gasteiger partial charge on any atom is -0.0617 e. The summed E-state index contributed by atoms with van der Waals surface area (Å²) >= 11 is 0. The van der Waals surface area contributed by atoms with Gasteiger partial charge in [-0.15, -0.1) is 0 Å². The Hall–Kier alpha value is -2.34. The van der Waals surface area contributed by atoms with Crippen molar-refractivity contribution >= 4 is 0 Å². The van der Waals surface area contributed by atoms with Crippen molar-refractivity contribution < 1.29 is 0 Å². The molecular formula is C22H22. The highest BCUT2D eigenvalue weighted by Crippen LogP contribution is 2.38. The predicted octanol–water partition coefficient (Wildman–Crippen LogP) is 6.25. The molecule has 0 nitrogen and oxygen atoms in total. The summed E-state index contributed by atoms with van der Waals surface area (Å²) in [6, 6.07) is 21.8. The zero-order valence-corrected chi connectivity index (χ0v) is 13.8. The second-order valence-corrected chi connectivity index (χ2v) is 6.08. The summed E-state index contributed by atoms with van der Waals surface area (Å²) in [6.07, 6.45) is 0. The van der Waals surface area contributed by atoms with Gasteiger partial charge in [0.1, 0.15) is 0 Å². The van der Waals surface area contributed by atoms with Crippen LogP contribution in [0.4, 0.5) is 0 Å². The molecule has 3 aromatic carbocycles. The standard InChI is InChI=1S/C22H22/c1-15-9-7-10-16(2)21(15)19-13-5-6-14-20(19)22-17(3)11-8-12-18(22)4/h5-14H,1-4H3. The molecule has 22 heavy (non-hydrogen) atoms. The van der Waals surface area contributed by atoms with Gasteiger partial charge in [0.2, 0.25) is 0 Å². The summed E-state index contributed by atoms with van der Waals surface area (Å²) in [5.41, 5.74) is 10.7. The van der Waals surface area contributed by atoms with E-state index in [-0.39, 0.29) is 0 Å². The molecule has 0 unspecified atom stereocenters. The quantitative estimate of drug-likeness (QED) is 0.522. The lowest BCUT2D eigenvalue weighted by Crippen LogP contribution is -1.94. The summed E-state index contributed by atoms with van der Waals surface area (Å²) in [7, 11) is 0. The molecule has 0 aliphatic heterocycles. The van der Waals surface area contributed by atoms with Gasteiger partial charge in [0.25, 0.3) is 0 Å². The van der Waals surface area contributed by atoms with E-state index in [1.165, 1.54) is 44.5 Å². The Balaban J connectivity index is 2.33. The number of benzene rings is 3. The van der Waals surface area contributed by atoms with E-state index in [9.17, 15) is 0 Å². The summed E-state index contributed by atoms with van der Waals surface area (Å²) in [6.45, 7) is 8.79. The van der Waals surface area contributed by atoms with Crippen LogP contribution < -0.4 is 0 Å². The zero-order chi connectivity index (χ0) is 15.7. The van der Waals surface area contributed by atoms with Gasteiger partial charge in [-0.2, -0.15) is 0 Å². The van der Waals surface area contributed by atoms with Gasteiger partial charge in [-0.3, -0.25) is 0 Å². The maximum atomic E-state index is 2.25. The van der Waals surface area contributed by atoms with E-state index >= 15 is 0 Å². The maximum absolute atomic E-state index is 2.25. The van der Waals surface area contributed by atoms with Crippen LogP contribution in [0, 0.1) is 27.7 Å². The van der Waals surface area contributed by atoms with Crippen molar-refractivity contribution in [2.75, 3.05) is 0 Å². The van der Waals surface area contributed by atoms with Crippen LogP contribution in [0.3, 0.4) is 0 Å². The third-order valence-corrected chi connectivity index (χ3v) is 4.43. The molecule has 0 fully saturated rings. The number of rotatable bonds is 2. The zero-order valence-electron chi connectivity index (χ0n) is 13.8. The van der Waals surface area contributed by atoms with Crippen molar-refractivity contribution in [3.05, 3.63) is 82.9 Å². The van der Waals surface area contributed by atoms with Gasteiger partial charge in [0.05, 0.1) is 0 Å². The summed E-state index contributed by atoms with van der Waals surface area (Å²) in [4.78, 5) is 0. The minimum atomic E-state index is 1.33. The lowest BCUT2D eigenvalue weighted by Gasteiger charge is -2.17. The van der Waals surface area contributed by atoms with Crippen LogP contribution in [-0.4, -0.2) is 0 Å². The first-order valence-corrected chi connectivity index (χ1v) is 7.82. The minimum absolute atomic E-state index is 1.33. The van der Waals surface area contributed by atoms with E-state index in [0.29, 0.717) is 0 Å². The van der Waals surface area contributed by atoms with Gasteiger partial charge < -0.3 is 0 Å². The molecule has 0 saturated carbocycles. The number of aryl methyl sites for hydroxylation is 4. The molecule has 0 radical (unpaired) electrons. The molecule has 0 N–H and O–H groups in total. The van der Waals surface area contributed by atoms with Gasteiger partial charge >= 0.3 is 0 Å². The lowest BCUT2D eigenvalue weighted by molar-refractivity contribution is 1.35. The number of hydrogen-bond donors (Lipinski definition) is 0. The van der Waals surface area contributed by atoms with Crippen LogP contribution in [0.25, 0.3) is 22.3 Å². The summed E-state index contributed by atoms with van der Waals surface area (Å²) < 4.78 is 0. The molecule has 110 valence electrons. The molecule has 0 saturated heterocycles. The van der Waals surface area contributed by atoms with Crippen molar-refractivity contribution in [2.45, 2.75) is 27.7 Å². The summed E-state index contributed by atoms with van der Waals surface area (Å²) in [5, 5.41) is 0. The highest BCUT2D eigenvalue weighted by molar-refractivity contribution is 5.88. The van der Waals surface area contributed by atoms with E-state index < -0.39 is 0 Å². The van der Waals surface area contributed by atoms with Gasteiger partial charge in [-0.25, -0.2) is 0 Å². The van der Waals surface area contributed by atoms with Gasteiger partial charge in [-0.1, -0.05) is 60.7 Å². The van der Waals surface area contributed by atoms with Crippen molar-refractivity contribution in [3.8, 4) is 22.3 Å². The SMILES string of the molecule is Cc1cccc(C)c1-c1ccccc1-c1c(C)cccc1C. The Morgan fingerprint density at radius 3 is 1.05 bits per heavy atom. The predicted molar refractivity (Wildman–Crippen MR) is 96.3 cm³/mol. The van der Waals surface area contributed by atoms with Crippen LogP contribution >= 0.6 is 0 Å². The molecule has 0 heterocycles. The highest BCUT2D eigenvalue weighted by Gasteiger charge is 2.13. The second kappa shape index (κ2) is 5.81. The first kappa shape index (κ1) is 14.6. The monoisotopic (exact) mass is 286 g/mol. The topological polar surface area (TPSA) is 0 Å². The normalized spacial score (nSPS) is 10.7. The van der Waals surface area contributed by atoms with E-state index in [0.717, 1.165) is 0 Å². The summed E-state index contributed by atoms with van der Waals surface area (Å²) in [5.74, 6) is 0. The molecule has 0 heteroatoms. The molecule has 0 aliphatic carbocycles. The van der Waals surface area contributed by atoms with Crippen LogP contribution in [0.1, 0.15) is 22.3 Å². The molecule has 0 bridgehead atoms. The maximum Gasteiger partial charge on any atom is -0.00999 e. The number of hydrogen-bond acceptors (Lipinski definition) is 0. The van der Waals surface area contributed by atoms with E-state index in [1.807, 2.05) is 0 Å². The molecule has 0 spiro atoms. The molecular weight excluding hydrogens is 264 g/mol. The van der Waals surface area contributed by atoms with Crippen molar-refractivity contribution in [2.24, 2.45) is 0 Å². The average molecular weight is 286 g/mol. The molecule has 0 amide bonds. The van der Waals surface area contributed by atoms with Gasteiger partial charge in [0.15, 0.2) is 0 Å². The van der Waals surface area contributed by atoms with Crippen LogP contribution in [0.2, 0.25) is 0 Å². The average Bonchev–Trinajstić information content (AvgIpc) is 2.48. The van der Waals surface area contributed by atoms with Crippen LogP contribution in [0.5, 0.6) is 0 Å². The molecule has 0 aliphatic rings. The Labute approximate surface area is 133 Å². The Morgan fingerprint density at radius 1 is 0.409 bits per heavy atom. The lowest BCUT2D eigenvalue weighted by atomic mass is 9.86. The van der Waals surface area contributed by atoms with Crippen LogP contribution in [-0.2, 0) is 0 Å². The molecule has 3 rings (SSSR count). The van der Waals surface area contributed by atoms with Crippen molar-refractivity contribution in [1.29, 1.82) is 0 Å². The molecule has 0 atom stereocenters. The van der Waals surface area contributed by atoms with E-state index in [1.54, 1.807) is 0 Å². The first-order chi connectivity index (χ1) is 10.6. The van der Waals surface area contributed by atoms with Crippen molar-refractivity contribution in [1.82, 2.24) is 0 Å². The van der Waals surface area contributed by atoms with E-state index in [2.05, 4.69) is 88.4 Å². The van der Waals surface area contributed by atoms with Gasteiger partial charge in [0, 0.05) is 0 Å². The fourth-order valence-corrected chi connectivity index (χ4v) is 3.40. The van der Waals surface area contributed by atoms with Crippen LogP contribution in [0.15, 0.2) is 60.7 Å². The van der Waals surface area contributed by atoms with Gasteiger partial charge in [-0.05, 0) is 72.2 Å². The Bertz CT molecular complexity index is 714. The molecule has 3 aromatic rings. The molecule has 0 aromatic heterocycles. The Kier molecular flexibility index (Phi) is 3.85. The highest BCUT2D eigenvalue weighted by atomic mass is 14.2. The second-order valence-electron chi connectivity index (χ2n) is 6.08. The van der Waals surface area contributed by atoms with Crippen molar-refractivity contribution in [3.63, 3.8) is 0 Å². The smallest absolute Gasteiger partial charge is 0.00999 e. The fourth-order valence-electron chi connectivity index (χ4n) is 3.40. The third-order valence-electron chi connectivity index (χ3n) is 4.43.